The summed E-state index contributed by atoms with van der Waals surface area (Å²) in [6.45, 7) is 0. The average Bonchev–Trinajstić information content (AvgIpc) is 3.06. The van der Waals surface area contributed by atoms with Crippen LogP contribution in [0.25, 0.3) is 10.8 Å². The Morgan fingerprint density at radius 3 is 1.74 bits per heavy atom. The van der Waals surface area contributed by atoms with Crippen LogP contribution in [0.2, 0.25) is 0 Å². The molecule has 4 rings (SSSR count). The Morgan fingerprint density at radius 1 is 0.842 bits per heavy atom. The fraction of sp³-hybridized carbons (Fsp3) is 0.294. The van der Waals surface area contributed by atoms with Crippen molar-refractivity contribution in [3.05, 3.63) is 47.5 Å². The molecule has 0 N–H and O–H groups in total. The molecule has 0 spiro atoms. The minimum atomic E-state index is 0.494. The minimum Gasteiger partial charge on any atom is -0.496 e. The first-order valence-corrected chi connectivity index (χ1v) is 6.70. The highest BCUT2D eigenvalue weighted by atomic mass is 16.5. The first kappa shape index (κ1) is 10.9. The highest BCUT2D eigenvalue weighted by Gasteiger charge is 2.39. The van der Waals surface area contributed by atoms with Gasteiger partial charge in [0.25, 0.3) is 0 Å². The molecule has 2 aromatic rings. The smallest absolute Gasteiger partial charge is 0.131 e. The van der Waals surface area contributed by atoms with Gasteiger partial charge < -0.3 is 9.47 Å². The maximum absolute atomic E-state index is 5.73. The normalized spacial score (nSPS) is 22.8. The zero-order valence-corrected chi connectivity index (χ0v) is 11.1. The highest BCUT2D eigenvalue weighted by molar-refractivity contribution is 5.97. The van der Waals surface area contributed by atoms with Crippen molar-refractivity contribution in [1.29, 1.82) is 0 Å². The van der Waals surface area contributed by atoms with Crippen molar-refractivity contribution in [1.82, 2.24) is 0 Å². The van der Waals surface area contributed by atoms with Crippen LogP contribution in [0.1, 0.15) is 29.4 Å². The van der Waals surface area contributed by atoms with E-state index in [2.05, 4.69) is 36.4 Å². The molecule has 0 radical (unpaired) electrons. The zero-order chi connectivity index (χ0) is 13.0. The van der Waals surface area contributed by atoms with Crippen molar-refractivity contribution in [2.45, 2.75) is 18.3 Å². The predicted octanol–water partition coefficient (Wildman–Crippen LogP) is 4.00. The van der Waals surface area contributed by atoms with Crippen molar-refractivity contribution < 1.29 is 9.47 Å². The molecule has 0 heterocycles. The van der Waals surface area contributed by atoms with Gasteiger partial charge in [0.15, 0.2) is 0 Å². The van der Waals surface area contributed by atoms with Crippen molar-refractivity contribution in [3.63, 3.8) is 0 Å². The van der Waals surface area contributed by atoms with Crippen LogP contribution in [0.3, 0.4) is 0 Å². The molecule has 2 atom stereocenters. The summed E-state index contributed by atoms with van der Waals surface area (Å²) in [5.74, 6) is 3.05. The van der Waals surface area contributed by atoms with Gasteiger partial charge in [-0.3, -0.25) is 0 Å². The number of rotatable bonds is 2. The molecule has 19 heavy (non-hydrogen) atoms. The van der Waals surface area contributed by atoms with Gasteiger partial charge in [0.1, 0.15) is 11.5 Å². The summed E-state index contributed by atoms with van der Waals surface area (Å²) < 4.78 is 11.5. The van der Waals surface area contributed by atoms with Crippen molar-refractivity contribution in [3.8, 4) is 11.5 Å². The number of ether oxygens (including phenoxy) is 2. The van der Waals surface area contributed by atoms with E-state index in [4.69, 9.17) is 9.47 Å². The van der Waals surface area contributed by atoms with E-state index in [1.54, 1.807) is 14.2 Å². The molecule has 0 amide bonds. The van der Waals surface area contributed by atoms with Gasteiger partial charge in [0, 0.05) is 33.7 Å². The van der Waals surface area contributed by atoms with E-state index in [0.29, 0.717) is 11.8 Å². The first-order chi connectivity index (χ1) is 9.35. The molecule has 2 aliphatic carbocycles. The van der Waals surface area contributed by atoms with Crippen molar-refractivity contribution in [2.24, 2.45) is 0 Å². The molecule has 0 aliphatic heterocycles. The molecule has 96 valence electrons. The minimum absolute atomic E-state index is 0.494. The maximum Gasteiger partial charge on any atom is 0.131 e. The third-order valence-corrected chi connectivity index (χ3v) is 4.43. The SMILES string of the molecule is COc1c2c(c(OC)c3ccccc13)[C@H]1C=C[C@@H]2C1. The number of hydrogen-bond acceptors (Lipinski definition) is 2. The van der Waals surface area contributed by atoms with Gasteiger partial charge >= 0.3 is 0 Å². The van der Waals surface area contributed by atoms with E-state index in [-0.39, 0.29) is 0 Å². The van der Waals surface area contributed by atoms with Crippen LogP contribution < -0.4 is 9.47 Å². The Kier molecular flexibility index (Phi) is 2.16. The Balaban J connectivity index is 2.18. The van der Waals surface area contributed by atoms with E-state index in [0.717, 1.165) is 22.3 Å². The molecule has 0 fully saturated rings. The summed E-state index contributed by atoms with van der Waals surface area (Å²) in [6, 6.07) is 8.35. The summed E-state index contributed by atoms with van der Waals surface area (Å²) >= 11 is 0. The van der Waals surface area contributed by atoms with Crippen LogP contribution >= 0.6 is 0 Å². The summed E-state index contributed by atoms with van der Waals surface area (Å²) in [4.78, 5) is 0. The average molecular weight is 252 g/mol. The topological polar surface area (TPSA) is 18.5 Å². The molecule has 2 aliphatic rings. The van der Waals surface area contributed by atoms with E-state index in [1.807, 2.05) is 0 Å². The highest BCUT2D eigenvalue weighted by Crippen LogP contribution is 2.57. The second-order valence-corrected chi connectivity index (χ2v) is 5.27. The van der Waals surface area contributed by atoms with E-state index in [9.17, 15) is 0 Å². The second-order valence-electron chi connectivity index (χ2n) is 5.27. The Bertz CT molecular complexity index is 641. The number of allylic oxidation sites excluding steroid dienone is 2. The number of fused-ring (bicyclic) bond motifs is 6. The van der Waals surface area contributed by atoms with Gasteiger partial charge in [0.05, 0.1) is 14.2 Å². The second kappa shape index (κ2) is 3.77. The lowest BCUT2D eigenvalue weighted by molar-refractivity contribution is 0.404. The van der Waals surface area contributed by atoms with E-state index >= 15 is 0 Å². The summed E-state index contributed by atoms with van der Waals surface area (Å²) in [5.41, 5.74) is 2.68. The molecule has 0 aromatic heterocycles. The zero-order valence-electron chi connectivity index (χ0n) is 11.1. The van der Waals surface area contributed by atoms with Gasteiger partial charge in [-0.25, -0.2) is 0 Å². The third-order valence-electron chi connectivity index (χ3n) is 4.43. The fourth-order valence-electron chi connectivity index (χ4n) is 3.72. The lowest BCUT2D eigenvalue weighted by Crippen LogP contribution is -2.02. The van der Waals surface area contributed by atoms with Crippen LogP contribution in [0.4, 0.5) is 0 Å². The van der Waals surface area contributed by atoms with Gasteiger partial charge in [-0.1, -0.05) is 36.4 Å². The van der Waals surface area contributed by atoms with Crippen LogP contribution in [0.5, 0.6) is 11.5 Å². The first-order valence-electron chi connectivity index (χ1n) is 6.70. The van der Waals surface area contributed by atoms with Gasteiger partial charge in [0.2, 0.25) is 0 Å². The molecular formula is C17H16O2. The third kappa shape index (κ3) is 1.26. The summed E-state index contributed by atoms with van der Waals surface area (Å²) in [6.07, 6.45) is 5.78. The number of hydrogen-bond donors (Lipinski definition) is 0. The quantitative estimate of drug-likeness (QED) is 0.752. The Morgan fingerprint density at radius 2 is 1.32 bits per heavy atom. The Labute approximate surface area is 112 Å². The molecule has 0 saturated carbocycles. The van der Waals surface area contributed by atoms with Crippen LogP contribution in [0.15, 0.2) is 36.4 Å². The lowest BCUT2D eigenvalue weighted by Gasteiger charge is -2.21. The fourth-order valence-corrected chi connectivity index (χ4v) is 3.72. The molecule has 0 saturated heterocycles. The van der Waals surface area contributed by atoms with Crippen molar-refractivity contribution >= 4 is 10.8 Å². The molecule has 2 aromatic carbocycles. The monoisotopic (exact) mass is 252 g/mol. The Hall–Kier alpha value is -1.96. The lowest BCUT2D eigenvalue weighted by atomic mass is 9.91. The molecule has 0 unspecified atom stereocenters. The van der Waals surface area contributed by atoms with Crippen LogP contribution in [-0.4, -0.2) is 14.2 Å². The molecule has 2 heteroatoms. The van der Waals surface area contributed by atoms with E-state index < -0.39 is 0 Å². The standard InChI is InChI=1S/C17H16O2/c1-18-16-12-5-3-4-6-13(12)17(19-2)15-11-8-7-10(9-11)14(15)16/h3-8,10-11H,9H2,1-2H3/t10-,11+. The van der Waals surface area contributed by atoms with Gasteiger partial charge in [-0.05, 0) is 6.42 Å². The largest absolute Gasteiger partial charge is 0.496 e. The predicted molar refractivity (Wildman–Crippen MR) is 76.3 cm³/mol. The molecule has 2 bridgehead atoms. The van der Waals surface area contributed by atoms with Gasteiger partial charge in [-0.2, -0.15) is 0 Å². The summed E-state index contributed by atoms with van der Waals surface area (Å²) in [7, 11) is 3.54. The molecular weight excluding hydrogens is 236 g/mol. The van der Waals surface area contributed by atoms with Crippen molar-refractivity contribution in [2.75, 3.05) is 14.2 Å². The molecule has 2 nitrogen and oxygen atoms in total. The van der Waals surface area contributed by atoms with Crippen LogP contribution in [-0.2, 0) is 0 Å². The number of methoxy groups -OCH3 is 2. The van der Waals surface area contributed by atoms with E-state index in [1.165, 1.54) is 17.5 Å². The van der Waals surface area contributed by atoms with Crippen LogP contribution in [0, 0.1) is 0 Å². The van der Waals surface area contributed by atoms with Gasteiger partial charge in [-0.15, -0.1) is 0 Å². The number of benzene rings is 2. The summed E-state index contributed by atoms with van der Waals surface area (Å²) in [5, 5.41) is 2.31. The maximum atomic E-state index is 5.73.